The molecule has 2 aromatic carbocycles. The van der Waals surface area contributed by atoms with Crippen molar-refractivity contribution in [3.8, 4) is 11.3 Å². The van der Waals surface area contributed by atoms with Gasteiger partial charge in [0.15, 0.2) is 5.82 Å². The molecule has 1 amide bonds. The largest absolute Gasteiger partial charge is 0.339 e. The van der Waals surface area contributed by atoms with Gasteiger partial charge >= 0.3 is 0 Å². The highest BCUT2D eigenvalue weighted by Crippen LogP contribution is 2.18. The third-order valence-electron chi connectivity index (χ3n) is 4.33. The molecule has 2 aromatic heterocycles. The van der Waals surface area contributed by atoms with E-state index in [1.165, 1.54) is 6.07 Å². The van der Waals surface area contributed by atoms with Crippen molar-refractivity contribution >= 4 is 11.6 Å². The molecule has 0 fully saturated rings. The van der Waals surface area contributed by atoms with E-state index in [1.807, 2.05) is 42.5 Å². The quantitative estimate of drug-likeness (QED) is 0.546. The third kappa shape index (κ3) is 4.47. The fourth-order valence-electron chi connectivity index (χ4n) is 2.94. The minimum Gasteiger partial charge on any atom is -0.339 e. The first-order chi connectivity index (χ1) is 14.1. The molecule has 0 radical (unpaired) electrons. The number of anilines is 1. The number of hydrogen-bond donors (Lipinski definition) is 2. The van der Waals surface area contributed by atoms with Gasteiger partial charge in [0, 0.05) is 23.0 Å². The van der Waals surface area contributed by atoms with E-state index in [0.29, 0.717) is 29.5 Å². The van der Waals surface area contributed by atoms with E-state index in [2.05, 4.69) is 20.4 Å². The first kappa shape index (κ1) is 18.4. The third-order valence-corrected chi connectivity index (χ3v) is 4.33. The summed E-state index contributed by atoms with van der Waals surface area (Å²) in [7, 11) is 0. The second-order valence-corrected chi connectivity index (χ2v) is 6.58. The summed E-state index contributed by atoms with van der Waals surface area (Å²) in [6.45, 7) is 1.77. The summed E-state index contributed by atoms with van der Waals surface area (Å²) in [4.78, 5) is 31.6. The van der Waals surface area contributed by atoms with E-state index >= 15 is 0 Å². The fourth-order valence-corrected chi connectivity index (χ4v) is 2.94. The Balaban J connectivity index is 1.49. The van der Waals surface area contributed by atoms with Gasteiger partial charge in [-0.05, 0) is 36.2 Å². The molecule has 0 aliphatic heterocycles. The molecule has 4 rings (SSSR count). The van der Waals surface area contributed by atoms with E-state index in [4.69, 9.17) is 4.52 Å². The number of H-pyrrole nitrogens is 1. The number of nitrogens with zero attached hydrogens (tertiary/aromatic N) is 2. The molecule has 0 saturated carbocycles. The predicted molar refractivity (Wildman–Crippen MR) is 109 cm³/mol. The first-order valence-corrected chi connectivity index (χ1v) is 9.06. The van der Waals surface area contributed by atoms with E-state index in [1.54, 1.807) is 25.1 Å². The van der Waals surface area contributed by atoms with Crippen LogP contribution in [0.1, 0.15) is 27.6 Å². The highest BCUT2D eigenvalue weighted by atomic mass is 16.5. The molecule has 2 N–H and O–H groups in total. The van der Waals surface area contributed by atoms with Crippen molar-refractivity contribution in [3.63, 3.8) is 0 Å². The van der Waals surface area contributed by atoms with Gasteiger partial charge in [-0.25, -0.2) is 0 Å². The Bertz CT molecular complexity index is 1190. The van der Waals surface area contributed by atoms with Gasteiger partial charge in [0.1, 0.15) is 0 Å². The van der Waals surface area contributed by atoms with Gasteiger partial charge in [0.05, 0.1) is 6.42 Å². The normalized spacial score (nSPS) is 10.7. The molecule has 0 unspecified atom stereocenters. The molecule has 144 valence electrons. The summed E-state index contributed by atoms with van der Waals surface area (Å²) in [5.74, 6) is 0.779. The number of carbonyl (C=O) groups excluding carboxylic acids is 1. The highest BCUT2D eigenvalue weighted by molar-refractivity contribution is 6.04. The van der Waals surface area contributed by atoms with E-state index in [9.17, 15) is 9.59 Å². The molecular formula is C22H18N4O3. The first-order valence-electron chi connectivity index (χ1n) is 9.06. The number of aromatic amines is 1. The maximum absolute atomic E-state index is 12.6. The molecule has 29 heavy (non-hydrogen) atoms. The molecule has 0 aliphatic carbocycles. The number of pyridine rings is 1. The Morgan fingerprint density at radius 3 is 2.52 bits per heavy atom. The molecular weight excluding hydrogens is 368 g/mol. The number of rotatable bonds is 5. The Hall–Kier alpha value is -4.00. The van der Waals surface area contributed by atoms with Crippen LogP contribution in [0, 0.1) is 6.92 Å². The molecule has 0 spiro atoms. The van der Waals surface area contributed by atoms with Crippen LogP contribution in [0.4, 0.5) is 5.69 Å². The lowest BCUT2D eigenvalue weighted by atomic mass is 10.1. The van der Waals surface area contributed by atoms with Gasteiger partial charge in [0.2, 0.25) is 11.4 Å². The van der Waals surface area contributed by atoms with Gasteiger partial charge in [-0.15, -0.1) is 0 Å². The molecule has 0 bridgehead atoms. The maximum Gasteiger partial charge on any atom is 0.255 e. The van der Waals surface area contributed by atoms with Gasteiger partial charge in [-0.1, -0.05) is 47.6 Å². The second kappa shape index (κ2) is 7.93. The Labute approximate surface area is 166 Å². The van der Waals surface area contributed by atoms with E-state index in [0.717, 1.165) is 11.1 Å². The summed E-state index contributed by atoms with van der Waals surface area (Å²) in [6.07, 6.45) is 0.517. The van der Waals surface area contributed by atoms with Crippen molar-refractivity contribution in [1.82, 2.24) is 15.1 Å². The van der Waals surface area contributed by atoms with Gasteiger partial charge in [-0.2, -0.15) is 4.98 Å². The van der Waals surface area contributed by atoms with Crippen molar-refractivity contribution in [2.45, 2.75) is 13.3 Å². The summed E-state index contributed by atoms with van der Waals surface area (Å²) in [5, 5.41) is 6.58. The number of amides is 1. The van der Waals surface area contributed by atoms with E-state index < -0.39 is 0 Å². The average Bonchev–Trinajstić information content (AvgIpc) is 3.14. The minimum absolute atomic E-state index is 0.290. The van der Waals surface area contributed by atoms with Crippen molar-refractivity contribution < 1.29 is 9.32 Å². The molecule has 0 aliphatic rings. The van der Waals surface area contributed by atoms with Crippen molar-refractivity contribution in [2.24, 2.45) is 0 Å². The Morgan fingerprint density at radius 2 is 1.83 bits per heavy atom. The molecule has 0 atom stereocenters. The van der Waals surface area contributed by atoms with Crippen LogP contribution >= 0.6 is 0 Å². The standard InChI is InChI=1S/C22H18N4O3/c1-14-23-21(29-26-14)11-15-7-9-18(10-8-15)24-22(28)17-12-19(25-20(27)13-17)16-5-3-2-4-6-16/h2-10,12-13H,11H2,1H3,(H,24,28)(H,25,27). The lowest BCUT2D eigenvalue weighted by Crippen LogP contribution is -2.16. The molecule has 2 heterocycles. The lowest BCUT2D eigenvalue weighted by Gasteiger charge is -2.08. The zero-order chi connectivity index (χ0) is 20.2. The predicted octanol–water partition coefficient (Wildman–Crippen LogP) is 3.58. The lowest BCUT2D eigenvalue weighted by molar-refractivity contribution is 0.102. The van der Waals surface area contributed by atoms with Crippen LogP contribution in [-0.2, 0) is 6.42 Å². The van der Waals surface area contributed by atoms with Crippen LogP contribution < -0.4 is 10.9 Å². The number of carbonyl (C=O) groups is 1. The van der Waals surface area contributed by atoms with Crippen molar-refractivity contribution in [3.05, 3.63) is 99.9 Å². The van der Waals surface area contributed by atoms with Crippen LogP contribution in [-0.4, -0.2) is 21.0 Å². The van der Waals surface area contributed by atoms with Crippen LogP contribution in [0.15, 0.2) is 76.0 Å². The zero-order valence-corrected chi connectivity index (χ0v) is 15.7. The van der Waals surface area contributed by atoms with E-state index in [-0.39, 0.29) is 17.0 Å². The number of hydrogen-bond acceptors (Lipinski definition) is 5. The van der Waals surface area contributed by atoms with Crippen LogP contribution in [0.3, 0.4) is 0 Å². The molecule has 7 nitrogen and oxygen atoms in total. The molecule has 7 heteroatoms. The smallest absolute Gasteiger partial charge is 0.255 e. The number of nitrogens with one attached hydrogen (secondary N) is 2. The number of benzene rings is 2. The van der Waals surface area contributed by atoms with Gasteiger partial charge < -0.3 is 14.8 Å². The Kier molecular flexibility index (Phi) is 5.03. The van der Waals surface area contributed by atoms with Crippen molar-refractivity contribution in [2.75, 3.05) is 5.32 Å². The minimum atomic E-state index is -0.353. The maximum atomic E-state index is 12.6. The summed E-state index contributed by atoms with van der Waals surface area (Å²) >= 11 is 0. The van der Waals surface area contributed by atoms with Crippen molar-refractivity contribution in [1.29, 1.82) is 0 Å². The summed E-state index contributed by atoms with van der Waals surface area (Å²) in [5.41, 5.74) is 2.99. The summed E-state index contributed by atoms with van der Waals surface area (Å²) < 4.78 is 5.12. The average molecular weight is 386 g/mol. The molecule has 0 saturated heterocycles. The van der Waals surface area contributed by atoms with Crippen LogP contribution in [0.2, 0.25) is 0 Å². The SMILES string of the molecule is Cc1noc(Cc2ccc(NC(=O)c3cc(-c4ccccc4)[nH]c(=O)c3)cc2)n1. The fraction of sp³-hybridized carbons (Fsp3) is 0.0909. The summed E-state index contributed by atoms with van der Waals surface area (Å²) in [6, 6.07) is 19.7. The number of aryl methyl sites for hydroxylation is 1. The zero-order valence-electron chi connectivity index (χ0n) is 15.7. The monoisotopic (exact) mass is 386 g/mol. The highest BCUT2D eigenvalue weighted by Gasteiger charge is 2.10. The van der Waals surface area contributed by atoms with Gasteiger partial charge in [-0.3, -0.25) is 9.59 Å². The second-order valence-electron chi connectivity index (χ2n) is 6.58. The van der Waals surface area contributed by atoms with Crippen LogP contribution in [0.25, 0.3) is 11.3 Å². The van der Waals surface area contributed by atoms with Gasteiger partial charge in [0.25, 0.3) is 5.91 Å². The topological polar surface area (TPSA) is 101 Å². The molecule has 4 aromatic rings. The number of aromatic nitrogens is 3. The van der Waals surface area contributed by atoms with Crippen LogP contribution in [0.5, 0.6) is 0 Å². The Morgan fingerprint density at radius 1 is 1.07 bits per heavy atom.